The summed E-state index contributed by atoms with van der Waals surface area (Å²) in [4.78, 5) is 0. The maximum Gasteiger partial charge on any atom is 0.324 e. The molecule has 0 bridgehead atoms. The highest BCUT2D eigenvalue weighted by atomic mass is 28.3. The highest BCUT2D eigenvalue weighted by Crippen LogP contribution is 2.14. The zero-order chi connectivity index (χ0) is 7.98. The van der Waals surface area contributed by atoms with Crippen LogP contribution in [0.4, 0.5) is 0 Å². The average molecular weight is 160 g/mol. The molecule has 0 saturated carbocycles. The van der Waals surface area contributed by atoms with E-state index >= 15 is 0 Å². The summed E-state index contributed by atoms with van der Waals surface area (Å²) in [7, 11) is 2.04. The Kier molecular flexibility index (Phi) is 5.58. The molecule has 0 aromatic rings. The number of allylic oxidation sites excluding steroid dienone is 1. The van der Waals surface area contributed by atoms with Crippen molar-refractivity contribution in [1.82, 2.24) is 0 Å². The van der Waals surface area contributed by atoms with E-state index in [0.717, 1.165) is 6.42 Å². The Morgan fingerprint density at radius 3 is 2.30 bits per heavy atom. The molecule has 1 unspecified atom stereocenters. The second-order valence-electron chi connectivity index (χ2n) is 2.34. The van der Waals surface area contributed by atoms with Crippen molar-refractivity contribution < 1.29 is 8.85 Å². The van der Waals surface area contributed by atoms with Crippen molar-refractivity contribution in [2.24, 2.45) is 0 Å². The van der Waals surface area contributed by atoms with Crippen molar-refractivity contribution in [2.45, 2.75) is 18.9 Å². The van der Waals surface area contributed by atoms with Crippen molar-refractivity contribution >= 4 is 9.28 Å². The fourth-order valence-corrected chi connectivity index (χ4v) is 2.47. The lowest BCUT2D eigenvalue weighted by molar-refractivity contribution is 0.267. The predicted octanol–water partition coefficient (Wildman–Crippen LogP) is 1.47. The van der Waals surface area contributed by atoms with Crippen LogP contribution in [0.2, 0.25) is 5.54 Å². The second-order valence-corrected chi connectivity index (χ2v) is 5.16. The van der Waals surface area contributed by atoms with Gasteiger partial charge in [0, 0.05) is 19.8 Å². The van der Waals surface area contributed by atoms with Gasteiger partial charge in [-0.15, -0.1) is 6.58 Å². The molecular formula is C7H16O2Si. The van der Waals surface area contributed by atoms with E-state index in [1.807, 2.05) is 6.08 Å². The standard InChI is InChI=1S/C7H16O2Si/c1-5-6-7(2)10(8-3)9-4/h5,7,10H,1,6H2,2-4H3. The molecule has 1 atom stereocenters. The summed E-state index contributed by atoms with van der Waals surface area (Å²) in [6, 6.07) is 0. The zero-order valence-electron chi connectivity index (χ0n) is 6.96. The number of rotatable bonds is 5. The van der Waals surface area contributed by atoms with Gasteiger partial charge in [0.05, 0.1) is 0 Å². The molecule has 0 fully saturated rings. The minimum Gasteiger partial charge on any atom is -0.400 e. The Hall–Kier alpha value is -0.123. The van der Waals surface area contributed by atoms with Crippen LogP contribution in [0, 0.1) is 0 Å². The topological polar surface area (TPSA) is 18.5 Å². The summed E-state index contributed by atoms with van der Waals surface area (Å²) in [6.07, 6.45) is 2.89. The van der Waals surface area contributed by atoms with Gasteiger partial charge in [-0.25, -0.2) is 0 Å². The van der Waals surface area contributed by atoms with Crippen molar-refractivity contribution in [1.29, 1.82) is 0 Å². The van der Waals surface area contributed by atoms with Crippen LogP contribution >= 0.6 is 0 Å². The first-order valence-corrected chi connectivity index (χ1v) is 5.03. The van der Waals surface area contributed by atoms with E-state index in [0.29, 0.717) is 5.54 Å². The highest BCUT2D eigenvalue weighted by Gasteiger charge is 2.17. The largest absolute Gasteiger partial charge is 0.400 e. The lowest BCUT2D eigenvalue weighted by atomic mass is 10.3. The van der Waals surface area contributed by atoms with Gasteiger partial charge in [-0.2, -0.15) is 0 Å². The third-order valence-corrected chi connectivity index (χ3v) is 3.60. The second kappa shape index (κ2) is 5.65. The number of hydrogen-bond donors (Lipinski definition) is 0. The fraction of sp³-hybridized carbons (Fsp3) is 0.714. The molecule has 0 heterocycles. The highest BCUT2D eigenvalue weighted by molar-refractivity contribution is 6.46. The quantitative estimate of drug-likeness (QED) is 0.448. The van der Waals surface area contributed by atoms with E-state index in [1.165, 1.54) is 0 Å². The average Bonchev–Trinajstić information content (AvgIpc) is 1.91. The van der Waals surface area contributed by atoms with Crippen LogP contribution in [-0.4, -0.2) is 23.5 Å². The Labute approximate surface area is 64.7 Å². The Morgan fingerprint density at radius 2 is 2.00 bits per heavy atom. The van der Waals surface area contributed by atoms with Crippen LogP contribution < -0.4 is 0 Å². The van der Waals surface area contributed by atoms with Crippen LogP contribution in [0.15, 0.2) is 12.7 Å². The van der Waals surface area contributed by atoms with E-state index in [4.69, 9.17) is 8.85 Å². The molecule has 0 aromatic carbocycles. The SMILES string of the molecule is C=CCC(C)[SiH](OC)OC. The molecule has 0 aliphatic carbocycles. The van der Waals surface area contributed by atoms with Crippen LogP contribution in [0.25, 0.3) is 0 Å². The van der Waals surface area contributed by atoms with Crippen LogP contribution in [0.5, 0.6) is 0 Å². The first-order chi connectivity index (χ1) is 4.76. The first kappa shape index (κ1) is 9.88. The molecule has 0 amide bonds. The lowest BCUT2D eigenvalue weighted by Gasteiger charge is -2.16. The molecule has 0 spiro atoms. The minimum atomic E-state index is -1.38. The van der Waals surface area contributed by atoms with Gasteiger partial charge in [-0.05, 0) is 6.42 Å². The van der Waals surface area contributed by atoms with Crippen LogP contribution in [-0.2, 0) is 8.85 Å². The van der Waals surface area contributed by atoms with Gasteiger partial charge >= 0.3 is 9.28 Å². The maximum absolute atomic E-state index is 5.18. The molecule has 60 valence electrons. The van der Waals surface area contributed by atoms with Gasteiger partial charge in [-0.3, -0.25) is 0 Å². The van der Waals surface area contributed by atoms with E-state index in [9.17, 15) is 0 Å². The van der Waals surface area contributed by atoms with Crippen molar-refractivity contribution in [3.05, 3.63) is 12.7 Å². The summed E-state index contributed by atoms with van der Waals surface area (Å²) < 4.78 is 10.4. The van der Waals surface area contributed by atoms with Gasteiger partial charge in [0.2, 0.25) is 0 Å². The van der Waals surface area contributed by atoms with Crippen molar-refractivity contribution in [3.63, 3.8) is 0 Å². The summed E-state index contributed by atoms with van der Waals surface area (Å²) in [5.41, 5.74) is 0.521. The minimum absolute atomic E-state index is 0.521. The lowest BCUT2D eigenvalue weighted by Crippen LogP contribution is -2.24. The maximum atomic E-state index is 5.18. The van der Waals surface area contributed by atoms with E-state index < -0.39 is 9.28 Å². The fourth-order valence-electron chi connectivity index (χ4n) is 0.935. The third kappa shape index (κ3) is 3.15. The van der Waals surface area contributed by atoms with Gasteiger partial charge in [0.15, 0.2) is 0 Å². The predicted molar refractivity (Wildman–Crippen MR) is 45.4 cm³/mol. The molecule has 0 aromatic heterocycles. The summed E-state index contributed by atoms with van der Waals surface area (Å²) >= 11 is 0. The molecule has 0 rings (SSSR count). The van der Waals surface area contributed by atoms with Crippen molar-refractivity contribution in [3.8, 4) is 0 Å². The van der Waals surface area contributed by atoms with E-state index in [-0.39, 0.29) is 0 Å². The van der Waals surface area contributed by atoms with Crippen molar-refractivity contribution in [2.75, 3.05) is 14.2 Å². The molecule has 10 heavy (non-hydrogen) atoms. The molecule has 0 aliphatic heterocycles. The summed E-state index contributed by atoms with van der Waals surface area (Å²) in [5, 5.41) is 0. The monoisotopic (exact) mass is 160 g/mol. The Morgan fingerprint density at radius 1 is 1.50 bits per heavy atom. The first-order valence-electron chi connectivity index (χ1n) is 3.42. The Bertz CT molecular complexity index is 91.6. The van der Waals surface area contributed by atoms with Gasteiger partial charge in [-0.1, -0.05) is 13.0 Å². The molecular weight excluding hydrogens is 144 g/mol. The summed E-state index contributed by atoms with van der Waals surface area (Å²) in [6.45, 7) is 5.79. The molecule has 0 N–H and O–H groups in total. The Balaban J connectivity index is 3.63. The molecule has 0 saturated heterocycles. The summed E-state index contributed by atoms with van der Waals surface area (Å²) in [5.74, 6) is 0. The van der Waals surface area contributed by atoms with Gasteiger partial charge < -0.3 is 8.85 Å². The smallest absolute Gasteiger partial charge is 0.324 e. The number of hydrogen-bond acceptors (Lipinski definition) is 2. The van der Waals surface area contributed by atoms with Gasteiger partial charge in [0.25, 0.3) is 0 Å². The normalized spacial score (nSPS) is 13.6. The molecule has 2 nitrogen and oxygen atoms in total. The van der Waals surface area contributed by atoms with E-state index in [1.54, 1.807) is 14.2 Å². The van der Waals surface area contributed by atoms with Gasteiger partial charge in [0.1, 0.15) is 0 Å². The zero-order valence-corrected chi connectivity index (χ0v) is 8.12. The van der Waals surface area contributed by atoms with Crippen LogP contribution in [0.1, 0.15) is 13.3 Å². The third-order valence-electron chi connectivity index (χ3n) is 1.47. The molecule has 0 aliphatic rings. The molecule has 3 heteroatoms. The van der Waals surface area contributed by atoms with Crippen LogP contribution in [0.3, 0.4) is 0 Å². The van der Waals surface area contributed by atoms with E-state index in [2.05, 4.69) is 13.5 Å². The molecule has 0 radical (unpaired) electrons.